The minimum atomic E-state index is -1.02. The summed E-state index contributed by atoms with van der Waals surface area (Å²) in [5.74, 6) is -3.31. The van der Waals surface area contributed by atoms with Crippen LogP contribution in [-0.2, 0) is 4.79 Å². The summed E-state index contributed by atoms with van der Waals surface area (Å²) < 4.78 is 27.1. The summed E-state index contributed by atoms with van der Waals surface area (Å²) in [6.45, 7) is 1.44. The molecule has 1 amide bonds. The molecule has 1 N–H and O–H groups in total. The summed E-state index contributed by atoms with van der Waals surface area (Å²) in [5.41, 5.74) is 2.16. The Balaban J connectivity index is 2.17. The van der Waals surface area contributed by atoms with Gasteiger partial charge in [-0.25, -0.2) is 8.78 Å². The number of carbonyl (C=O) groups is 2. The number of hydrazone groups is 1. The van der Waals surface area contributed by atoms with Crippen LogP contribution < -0.4 is 5.32 Å². The molecule has 26 heavy (non-hydrogen) atoms. The molecule has 3 rings (SSSR count). The smallest absolute Gasteiger partial charge is 0.238 e. The van der Waals surface area contributed by atoms with E-state index in [-0.39, 0.29) is 17.4 Å². The van der Waals surface area contributed by atoms with Crippen molar-refractivity contribution in [2.24, 2.45) is 5.10 Å². The lowest BCUT2D eigenvalue weighted by Crippen LogP contribution is -2.24. The Hall–Kier alpha value is -3.09. The molecule has 1 unspecified atom stereocenters. The van der Waals surface area contributed by atoms with Gasteiger partial charge in [-0.3, -0.25) is 9.59 Å². The minimum Gasteiger partial charge on any atom is -0.325 e. The molecule has 0 aliphatic carbocycles. The molecular weight excluding hydrogens is 340 g/mol. The standard InChI is InChI=1S/C19H17F2N3O2/c1-10(25)11-5-7-16-13(8-11)17(19(26)22-16)18(23-24(2)3)12-4-6-14(20)15(21)9-12/h4-9,17H,1-3H3,(H,22,26). The molecule has 0 saturated carbocycles. The molecule has 7 heteroatoms. The first-order chi connectivity index (χ1) is 12.3. The Labute approximate surface area is 149 Å². The van der Waals surface area contributed by atoms with Gasteiger partial charge in [-0.05, 0) is 48.9 Å². The number of carbonyl (C=O) groups excluding carboxylic acids is 2. The predicted octanol–water partition coefficient (Wildman–Crippen LogP) is 3.17. The van der Waals surface area contributed by atoms with Gasteiger partial charge in [0, 0.05) is 30.9 Å². The Morgan fingerprint density at radius 1 is 1.08 bits per heavy atom. The third kappa shape index (κ3) is 3.20. The SMILES string of the molecule is CC(=O)c1ccc2c(c1)C(C(=NN(C)C)c1ccc(F)c(F)c1)C(=O)N2. The number of hydrogen-bond donors (Lipinski definition) is 1. The fourth-order valence-electron chi connectivity index (χ4n) is 2.91. The van der Waals surface area contributed by atoms with E-state index in [4.69, 9.17) is 0 Å². The molecule has 1 heterocycles. The second-order valence-corrected chi connectivity index (χ2v) is 6.24. The van der Waals surface area contributed by atoms with Crippen LogP contribution in [0.4, 0.5) is 14.5 Å². The number of Topliss-reactive ketones (excluding diaryl/α,β-unsaturated/α-hetero) is 1. The first kappa shape index (κ1) is 17.7. The van der Waals surface area contributed by atoms with E-state index in [1.165, 1.54) is 18.0 Å². The molecular formula is C19H17F2N3O2. The maximum atomic E-state index is 13.7. The van der Waals surface area contributed by atoms with Gasteiger partial charge in [0.05, 0.1) is 5.71 Å². The molecule has 134 valence electrons. The Kier molecular flexibility index (Phi) is 4.54. The Morgan fingerprint density at radius 2 is 1.77 bits per heavy atom. The van der Waals surface area contributed by atoms with E-state index in [1.54, 1.807) is 32.3 Å². The largest absolute Gasteiger partial charge is 0.325 e. The highest BCUT2D eigenvalue weighted by Crippen LogP contribution is 2.36. The molecule has 0 bridgehead atoms. The molecule has 1 aliphatic rings. The number of nitrogens with zero attached hydrogens (tertiary/aromatic N) is 2. The third-order valence-electron chi connectivity index (χ3n) is 4.09. The highest BCUT2D eigenvalue weighted by Gasteiger charge is 2.36. The van der Waals surface area contributed by atoms with Crippen molar-refractivity contribution in [3.8, 4) is 0 Å². The van der Waals surface area contributed by atoms with Crippen LogP contribution in [-0.4, -0.2) is 36.5 Å². The summed E-state index contributed by atoms with van der Waals surface area (Å²) in [7, 11) is 3.33. The highest BCUT2D eigenvalue weighted by molar-refractivity contribution is 6.23. The molecule has 1 aliphatic heterocycles. The van der Waals surface area contributed by atoms with Crippen molar-refractivity contribution < 1.29 is 18.4 Å². The second-order valence-electron chi connectivity index (χ2n) is 6.24. The van der Waals surface area contributed by atoms with Crippen molar-refractivity contribution >= 4 is 23.1 Å². The van der Waals surface area contributed by atoms with Gasteiger partial charge in [-0.1, -0.05) is 0 Å². The van der Waals surface area contributed by atoms with Crippen LogP contribution in [0.15, 0.2) is 41.5 Å². The fourth-order valence-corrected chi connectivity index (χ4v) is 2.91. The van der Waals surface area contributed by atoms with E-state index < -0.39 is 17.6 Å². The summed E-state index contributed by atoms with van der Waals surface area (Å²) >= 11 is 0. The van der Waals surface area contributed by atoms with E-state index >= 15 is 0 Å². The molecule has 5 nitrogen and oxygen atoms in total. The maximum absolute atomic E-state index is 13.7. The maximum Gasteiger partial charge on any atom is 0.238 e. The topological polar surface area (TPSA) is 61.8 Å². The van der Waals surface area contributed by atoms with Gasteiger partial charge in [0.1, 0.15) is 5.92 Å². The average molecular weight is 357 g/mol. The zero-order valence-electron chi connectivity index (χ0n) is 14.5. The van der Waals surface area contributed by atoms with E-state index in [1.807, 2.05) is 0 Å². The van der Waals surface area contributed by atoms with Crippen LogP contribution in [0.3, 0.4) is 0 Å². The lowest BCUT2D eigenvalue weighted by atomic mass is 9.89. The van der Waals surface area contributed by atoms with E-state index in [0.29, 0.717) is 22.4 Å². The molecule has 0 aromatic heterocycles. The number of ketones is 1. The van der Waals surface area contributed by atoms with Crippen LogP contribution in [0.2, 0.25) is 0 Å². The molecule has 0 radical (unpaired) electrons. The first-order valence-corrected chi connectivity index (χ1v) is 7.95. The summed E-state index contributed by atoms with van der Waals surface area (Å²) in [6, 6.07) is 8.30. The van der Waals surface area contributed by atoms with E-state index in [0.717, 1.165) is 12.1 Å². The summed E-state index contributed by atoms with van der Waals surface area (Å²) in [6.07, 6.45) is 0. The number of anilines is 1. The van der Waals surface area contributed by atoms with Crippen LogP contribution in [0.5, 0.6) is 0 Å². The molecule has 2 aromatic rings. The van der Waals surface area contributed by atoms with Gasteiger partial charge in [0.25, 0.3) is 0 Å². The predicted molar refractivity (Wildman–Crippen MR) is 94.4 cm³/mol. The van der Waals surface area contributed by atoms with E-state index in [9.17, 15) is 18.4 Å². The van der Waals surface area contributed by atoms with Gasteiger partial charge in [0.15, 0.2) is 17.4 Å². The van der Waals surface area contributed by atoms with Gasteiger partial charge in [0.2, 0.25) is 5.91 Å². The van der Waals surface area contributed by atoms with Crippen molar-refractivity contribution in [2.75, 3.05) is 19.4 Å². The van der Waals surface area contributed by atoms with Crippen LogP contribution in [0.25, 0.3) is 0 Å². The van der Waals surface area contributed by atoms with Crippen molar-refractivity contribution in [3.05, 3.63) is 64.7 Å². The van der Waals surface area contributed by atoms with Gasteiger partial charge >= 0.3 is 0 Å². The Bertz CT molecular complexity index is 938. The van der Waals surface area contributed by atoms with Crippen molar-refractivity contribution in [2.45, 2.75) is 12.8 Å². The van der Waals surface area contributed by atoms with Gasteiger partial charge in [-0.2, -0.15) is 5.10 Å². The molecule has 0 fully saturated rings. The monoisotopic (exact) mass is 357 g/mol. The lowest BCUT2D eigenvalue weighted by molar-refractivity contribution is -0.115. The molecule has 2 aromatic carbocycles. The number of benzene rings is 2. The lowest BCUT2D eigenvalue weighted by Gasteiger charge is -2.17. The first-order valence-electron chi connectivity index (χ1n) is 7.95. The van der Waals surface area contributed by atoms with Crippen molar-refractivity contribution in [3.63, 3.8) is 0 Å². The minimum absolute atomic E-state index is 0.134. The third-order valence-corrected chi connectivity index (χ3v) is 4.09. The van der Waals surface area contributed by atoms with Crippen LogP contribution >= 0.6 is 0 Å². The zero-order valence-corrected chi connectivity index (χ0v) is 14.5. The number of amides is 1. The highest BCUT2D eigenvalue weighted by atomic mass is 19.2. The number of rotatable bonds is 4. The van der Waals surface area contributed by atoms with Gasteiger partial charge < -0.3 is 10.3 Å². The fraction of sp³-hybridized carbons (Fsp3) is 0.211. The van der Waals surface area contributed by atoms with Crippen molar-refractivity contribution in [1.29, 1.82) is 0 Å². The number of nitrogens with one attached hydrogen (secondary N) is 1. The van der Waals surface area contributed by atoms with Gasteiger partial charge in [-0.15, -0.1) is 0 Å². The Morgan fingerprint density at radius 3 is 2.38 bits per heavy atom. The average Bonchev–Trinajstić information content (AvgIpc) is 2.90. The molecule has 0 saturated heterocycles. The van der Waals surface area contributed by atoms with Crippen LogP contribution in [0, 0.1) is 11.6 Å². The quantitative estimate of drug-likeness (QED) is 0.519. The molecule has 1 atom stereocenters. The summed E-state index contributed by atoms with van der Waals surface area (Å²) in [5, 5.41) is 8.57. The summed E-state index contributed by atoms with van der Waals surface area (Å²) in [4.78, 5) is 24.3. The zero-order chi connectivity index (χ0) is 19.0. The van der Waals surface area contributed by atoms with Crippen LogP contribution in [0.1, 0.15) is 34.3 Å². The normalized spacial score (nSPS) is 16.3. The number of hydrogen-bond acceptors (Lipinski definition) is 4. The second kappa shape index (κ2) is 6.67. The molecule has 0 spiro atoms. The van der Waals surface area contributed by atoms with E-state index in [2.05, 4.69) is 10.4 Å². The number of fused-ring (bicyclic) bond motifs is 1. The van der Waals surface area contributed by atoms with Crippen molar-refractivity contribution in [1.82, 2.24) is 5.01 Å². The number of halogens is 2.